The lowest BCUT2D eigenvalue weighted by Crippen LogP contribution is -2.24. The standard InChI is InChI=1S/C16H14N2O2S/c1-10-8-13-14(20-10)12-5-2-6-17-15(12)18(16(13)19)9-11-4-3-7-21-11/h2-7,10H,8-9H2,1H3. The number of thiophene rings is 1. The third kappa shape index (κ3) is 1.96. The Morgan fingerprint density at radius 3 is 3.14 bits per heavy atom. The molecule has 4 nitrogen and oxygen atoms in total. The zero-order valence-electron chi connectivity index (χ0n) is 11.6. The van der Waals surface area contributed by atoms with Crippen molar-refractivity contribution in [2.75, 3.05) is 0 Å². The second-order valence-corrected chi connectivity index (χ2v) is 6.32. The first kappa shape index (κ1) is 12.6. The second-order valence-electron chi connectivity index (χ2n) is 5.29. The fourth-order valence-corrected chi connectivity index (χ4v) is 3.55. The average Bonchev–Trinajstić information content (AvgIpc) is 3.12. The highest BCUT2D eigenvalue weighted by molar-refractivity contribution is 7.09. The summed E-state index contributed by atoms with van der Waals surface area (Å²) in [6, 6.07) is 7.90. The van der Waals surface area contributed by atoms with Gasteiger partial charge in [-0.15, -0.1) is 11.3 Å². The zero-order chi connectivity index (χ0) is 14.4. The van der Waals surface area contributed by atoms with Crippen molar-refractivity contribution in [2.45, 2.75) is 26.0 Å². The van der Waals surface area contributed by atoms with Gasteiger partial charge in [0.05, 0.1) is 17.5 Å². The van der Waals surface area contributed by atoms with Crippen LogP contribution in [0.5, 0.6) is 5.75 Å². The number of hydrogen-bond donors (Lipinski definition) is 0. The van der Waals surface area contributed by atoms with E-state index in [-0.39, 0.29) is 11.7 Å². The maximum Gasteiger partial charge on any atom is 0.259 e. The lowest BCUT2D eigenvalue weighted by atomic mass is 10.1. The number of rotatable bonds is 2. The van der Waals surface area contributed by atoms with E-state index >= 15 is 0 Å². The van der Waals surface area contributed by atoms with E-state index in [9.17, 15) is 4.79 Å². The van der Waals surface area contributed by atoms with Gasteiger partial charge in [0.15, 0.2) is 0 Å². The summed E-state index contributed by atoms with van der Waals surface area (Å²) in [5, 5.41) is 2.95. The molecule has 1 unspecified atom stereocenters. The first-order chi connectivity index (χ1) is 10.2. The molecule has 1 aliphatic rings. The minimum absolute atomic E-state index is 0.0222. The molecule has 4 rings (SSSR count). The van der Waals surface area contributed by atoms with Crippen molar-refractivity contribution in [1.29, 1.82) is 0 Å². The van der Waals surface area contributed by atoms with Crippen molar-refractivity contribution in [1.82, 2.24) is 9.55 Å². The highest BCUT2D eigenvalue weighted by atomic mass is 32.1. The maximum atomic E-state index is 12.8. The summed E-state index contributed by atoms with van der Waals surface area (Å²) in [4.78, 5) is 18.4. The van der Waals surface area contributed by atoms with Crippen LogP contribution in [0.1, 0.15) is 17.4 Å². The fourth-order valence-electron chi connectivity index (χ4n) is 2.86. The minimum Gasteiger partial charge on any atom is -0.489 e. The Labute approximate surface area is 125 Å². The topological polar surface area (TPSA) is 44.1 Å². The van der Waals surface area contributed by atoms with Gasteiger partial charge in [-0.2, -0.15) is 0 Å². The summed E-state index contributed by atoms with van der Waals surface area (Å²) in [5.74, 6) is 0.720. The number of nitrogens with zero attached hydrogens (tertiary/aromatic N) is 2. The molecule has 0 amide bonds. The van der Waals surface area contributed by atoms with Crippen LogP contribution >= 0.6 is 11.3 Å². The van der Waals surface area contributed by atoms with Crippen LogP contribution in [-0.4, -0.2) is 15.7 Å². The molecule has 0 aliphatic carbocycles. The van der Waals surface area contributed by atoms with E-state index in [4.69, 9.17) is 4.74 Å². The number of hydrogen-bond acceptors (Lipinski definition) is 4. The van der Waals surface area contributed by atoms with E-state index in [0.717, 1.165) is 21.6 Å². The number of pyridine rings is 2. The molecule has 0 aromatic carbocycles. The first-order valence-electron chi connectivity index (χ1n) is 6.93. The van der Waals surface area contributed by atoms with Crippen molar-refractivity contribution in [3.05, 3.63) is 56.6 Å². The van der Waals surface area contributed by atoms with E-state index in [1.54, 1.807) is 22.1 Å². The first-order valence-corrected chi connectivity index (χ1v) is 7.81. The van der Waals surface area contributed by atoms with Gasteiger partial charge in [-0.3, -0.25) is 9.36 Å². The largest absolute Gasteiger partial charge is 0.489 e. The Hall–Kier alpha value is -2.14. The predicted octanol–water partition coefficient (Wildman–Crippen LogP) is 2.83. The summed E-state index contributed by atoms with van der Waals surface area (Å²) in [5.41, 5.74) is 1.50. The normalized spacial score (nSPS) is 16.9. The van der Waals surface area contributed by atoms with Crippen LogP contribution in [0.2, 0.25) is 0 Å². The van der Waals surface area contributed by atoms with Crippen LogP contribution in [0.25, 0.3) is 11.0 Å². The zero-order valence-corrected chi connectivity index (χ0v) is 12.4. The molecular formula is C16H14N2O2S. The van der Waals surface area contributed by atoms with E-state index in [1.165, 1.54) is 0 Å². The van der Waals surface area contributed by atoms with E-state index in [0.29, 0.717) is 18.6 Å². The van der Waals surface area contributed by atoms with Gasteiger partial charge < -0.3 is 4.74 Å². The van der Waals surface area contributed by atoms with Gasteiger partial charge >= 0.3 is 0 Å². The lowest BCUT2D eigenvalue weighted by molar-refractivity contribution is 0.257. The Bertz CT molecular complexity index is 868. The lowest BCUT2D eigenvalue weighted by Gasteiger charge is -2.11. The summed E-state index contributed by atoms with van der Waals surface area (Å²) in [6.45, 7) is 2.55. The van der Waals surface area contributed by atoms with Gasteiger partial charge in [0.25, 0.3) is 5.56 Å². The van der Waals surface area contributed by atoms with Crippen molar-refractivity contribution in [3.8, 4) is 5.75 Å². The summed E-state index contributed by atoms with van der Waals surface area (Å²) >= 11 is 1.65. The maximum absolute atomic E-state index is 12.8. The molecule has 0 saturated carbocycles. The highest BCUT2D eigenvalue weighted by Gasteiger charge is 2.27. The molecule has 106 valence electrons. The average molecular weight is 298 g/mol. The molecule has 1 aliphatic heterocycles. The summed E-state index contributed by atoms with van der Waals surface area (Å²) in [7, 11) is 0. The van der Waals surface area contributed by atoms with Crippen LogP contribution < -0.4 is 10.3 Å². The molecule has 3 aromatic heterocycles. The number of fused-ring (bicyclic) bond motifs is 3. The van der Waals surface area contributed by atoms with Crippen molar-refractivity contribution < 1.29 is 4.74 Å². The molecule has 0 radical (unpaired) electrons. The molecular weight excluding hydrogens is 284 g/mol. The minimum atomic E-state index is 0.0222. The molecule has 21 heavy (non-hydrogen) atoms. The molecule has 0 spiro atoms. The van der Waals surface area contributed by atoms with Crippen molar-refractivity contribution in [2.24, 2.45) is 0 Å². The van der Waals surface area contributed by atoms with E-state index in [2.05, 4.69) is 4.98 Å². The molecule has 5 heteroatoms. The molecule has 1 atom stereocenters. The quantitative estimate of drug-likeness (QED) is 0.731. The van der Waals surface area contributed by atoms with Crippen LogP contribution in [-0.2, 0) is 13.0 Å². The van der Waals surface area contributed by atoms with Gasteiger partial charge in [-0.05, 0) is 30.5 Å². The van der Waals surface area contributed by atoms with Gasteiger partial charge in [-0.1, -0.05) is 6.07 Å². The monoisotopic (exact) mass is 298 g/mol. The van der Waals surface area contributed by atoms with Gasteiger partial charge in [0.1, 0.15) is 17.5 Å². The SMILES string of the molecule is CC1Cc2c(c3cccnc3n(Cc3cccs3)c2=O)O1. The Balaban J connectivity index is 2.00. The van der Waals surface area contributed by atoms with Gasteiger partial charge in [0, 0.05) is 17.5 Å². The number of aromatic nitrogens is 2. The predicted molar refractivity (Wildman–Crippen MR) is 83.2 cm³/mol. The van der Waals surface area contributed by atoms with Crippen molar-refractivity contribution in [3.63, 3.8) is 0 Å². The van der Waals surface area contributed by atoms with Crippen LogP contribution in [0.15, 0.2) is 40.6 Å². The van der Waals surface area contributed by atoms with E-state index < -0.39 is 0 Å². The van der Waals surface area contributed by atoms with Crippen LogP contribution in [0.4, 0.5) is 0 Å². The third-order valence-electron chi connectivity index (χ3n) is 3.77. The molecule has 0 N–H and O–H groups in total. The summed E-state index contributed by atoms with van der Waals surface area (Å²) < 4.78 is 7.61. The second kappa shape index (κ2) is 4.70. The third-order valence-corrected chi connectivity index (χ3v) is 4.63. The molecule has 0 fully saturated rings. The molecule has 0 bridgehead atoms. The summed E-state index contributed by atoms with van der Waals surface area (Å²) in [6.07, 6.45) is 2.44. The van der Waals surface area contributed by atoms with Crippen LogP contribution in [0.3, 0.4) is 0 Å². The smallest absolute Gasteiger partial charge is 0.259 e. The molecule has 0 saturated heterocycles. The van der Waals surface area contributed by atoms with Gasteiger partial charge in [0.2, 0.25) is 0 Å². The molecule has 4 heterocycles. The highest BCUT2D eigenvalue weighted by Crippen LogP contribution is 2.33. The van der Waals surface area contributed by atoms with Crippen molar-refractivity contribution >= 4 is 22.4 Å². The Morgan fingerprint density at radius 1 is 1.43 bits per heavy atom. The van der Waals surface area contributed by atoms with Gasteiger partial charge in [-0.25, -0.2) is 4.98 Å². The fraction of sp³-hybridized carbons (Fsp3) is 0.250. The van der Waals surface area contributed by atoms with E-state index in [1.807, 2.05) is 36.6 Å². The Morgan fingerprint density at radius 2 is 2.33 bits per heavy atom. The Kier molecular flexibility index (Phi) is 2.82. The number of ether oxygens (including phenoxy) is 1. The van der Waals surface area contributed by atoms with Crippen LogP contribution in [0, 0.1) is 0 Å². The molecule has 3 aromatic rings.